The Morgan fingerprint density at radius 3 is 2.62 bits per heavy atom. The molecule has 0 aliphatic heterocycles. The predicted octanol–water partition coefficient (Wildman–Crippen LogP) is 1.02. The zero-order valence-electron chi connectivity index (χ0n) is 4.54. The third-order valence-electron chi connectivity index (χ3n) is 1.14. The Hall–Kier alpha value is -0.0500. The van der Waals surface area contributed by atoms with Gasteiger partial charge in [0.15, 0.2) is 0 Å². The quantitative estimate of drug-likeness (QED) is 0.430. The van der Waals surface area contributed by atoms with Gasteiger partial charge < -0.3 is 0 Å². The molecule has 0 aromatic carbocycles. The topological polar surface area (TPSA) is 35.2 Å². The monoisotopic (exact) mass is 135 g/mol. The highest BCUT2D eigenvalue weighted by Gasteiger charge is 2.05. The number of hydrogen-bond donors (Lipinski definition) is 1. The van der Waals surface area contributed by atoms with Crippen LogP contribution >= 0.6 is 12.4 Å². The average molecular weight is 136 g/mol. The SMILES string of the molecule is Cl.NOC1C=CCC1. The molecular weight excluding hydrogens is 126 g/mol. The van der Waals surface area contributed by atoms with Crippen molar-refractivity contribution in [1.29, 1.82) is 0 Å². The minimum absolute atomic E-state index is 0. The van der Waals surface area contributed by atoms with Gasteiger partial charge in [-0.05, 0) is 12.8 Å². The van der Waals surface area contributed by atoms with Crippen LogP contribution in [0.15, 0.2) is 12.2 Å². The van der Waals surface area contributed by atoms with Gasteiger partial charge >= 0.3 is 0 Å². The first kappa shape index (κ1) is 7.95. The van der Waals surface area contributed by atoms with Crippen molar-refractivity contribution in [2.24, 2.45) is 5.90 Å². The third-order valence-corrected chi connectivity index (χ3v) is 1.14. The molecule has 48 valence electrons. The number of allylic oxidation sites excluding steroid dienone is 1. The van der Waals surface area contributed by atoms with E-state index < -0.39 is 0 Å². The molecule has 1 unspecified atom stereocenters. The minimum Gasteiger partial charge on any atom is -0.297 e. The minimum atomic E-state index is 0. The zero-order valence-corrected chi connectivity index (χ0v) is 5.36. The van der Waals surface area contributed by atoms with Crippen molar-refractivity contribution in [2.45, 2.75) is 18.9 Å². The van der Waals surface area contributed by atoms with Crippen molar-refractivity contribution in [3.8, 4) is 0 Å². The van der Waals surface area contributed by atoms with Gasteiger partial charge in [0.05, 0.1) is 6.10 Å². The first-order valence-corrected chi connectivity index (χ1v) is 2.45. The maximum absolute atomic E-state index is 4.88. The van der Waals surface area contributed by atoms with E-state index in [1.807, 2.05) is 6.08 Å². The molecule has 1 aliphatic carbocycles. The Balaban J connectivity index is 0.000000490. The first-order chi connectivity index (χ1) is 3.43. The summed E-state index contributed by atoms with van der Waals surface area (Å²) in [5, 5.41) is 0. The van der Waals surface area contributed by atoms with E-state index in [2.05, 4.69) is 10.9 Å². The van der Waals surface area contributed by atoms with Crippen molar-refractivity contribution in [1.82, 2.24) is 0 Å². The van der Waals surface area contributed by atoms with E-state index >= 15 is 0 Å². The lowest BCUT2D eigenvalue weighted by molar-refractivity contribution is 0.0867. The number of halogens is 1. The van der Waals surface area contributed by atoms with Crippen molar-refractivity contribution >= 4 is 12.4 Å². The first-order valence-electron chi connectivity index (χ1n) is 2.45. The van der Waals surface area contributed by atoms with E-state index in [0.29, 0.717) is 0 Å². The summed E-state index contributed by atoms with van der Waals surface area (Å²) in [5.41, 5.74) is 0. The Bertz CT molecular complexity index is 84.5. The predicted molar refractivity (Wildman–Crippen MR) is 34.7 cm³/mol. The van der Waals surface area contributed by atoms with E-state index in [1.165, 1.54) is 0 Å². The van der Waals surface area contributed by atoms with Crippen molar-refractivity contribution in [2.75, 3.05) is 0 Å². The zero-order chi connectivity index (χ0) is 5.11. The van der Waals surface area contributed by atoms with Crippen LogP contribution in [0.25, 0.3) is 0 Å². The summed E-state index contributed by atoms with van der Waals surface area (Å²) in [6.07, 6.45) is 6.43. The molecule has 0 fully saturated rings. The van der Waals surface area contributed by atoms with Gasteiger partial charge in [0.25, 0.3) is 0 Å². The molecule has 0 amide bonds. The number of nitrogens with two attached hydrogens (primary N) is 1. The van der Waals surface area contributed by atoms with Crippen LogP contribution in [0.5, 0.6) is 0 Å². The van der Waals surface area contributed by atoms with Gasteiger partial charge in [-0.15, -0.1) is 12.4 Å². The Labute approximate surface area is 55.1 Å². The van der Waals surface area contributed by atoms with E-state index in [0.717, 1.165) is 12.8 Å². The van der Waals surface area contributed by atoms with Crippen LogP contribution in [-0.4, -0.2) is 6.10 Å². The molecule has 0 aromatic rings. The summed E-state index contributed by atoms with van der Waals surface area (Å²) in [7, 11) is 0. The molecule has 0 spiro atoms. The van der Waals surface area contributed by atoms with Crippen LogP contribution in [0.3, 0.4) is 0 Å². The molecule has 0 saturated carbocycles. The summed E-state index contributed by atoms with van der Waals surface area (Å²) in [6, 6.07) is 0. The van der Waals surface area contributed by atoms with Gasteiger partial charge in [-0.1, -0.05) is 12.2 Å². The lowest BCUT2D eigenvalue weighted by Crippen LogP contribution is -2.10. The van der Waals surface area contributed by atoms with Crippen LogP contribution in [-0.2, 0) is 4.84 Å². The molecule has 0 heterocycles. The number of hydrogen-bond acceptors (Lipinski definition) is 2. The van der Waals surface area contributed by atoms with Gasteiger partial charge in [-0.3, -0.25) is 4.84 Å². The highest BCUT2D eigenvalue weighted by molar-refractivity contribution is 5.85. The van der Waals surface area contributed by atoms with E-state index in [1.54, 1.807) is 0 Å². The van der Waals surface area contributed by atoms with Crippen molar-refractivity contribution in [3.05, 3.63) is 12.2 Å². The number of rotatable bonds is 1. The fourth-order valence-corrected chi connectivity index (χ4v) is 0.718. The van der Waals surface area contributed by atoms with Crippen LogP contribution in [0.2, 0.25) is 0 Å². The fourth-order valence-electron chi connectivity index (χ4n) is 0.718. The molecule has 2 N–H and O–H groups in total. The normalized spacial score (nSPS) is 25.4. The smallest absolute Gasteiger partial charge is 0.0971 e. The standard InChI is InChI=1S/C5H9NO.ClH/c6-7-5-3-1-2-4-5;/h1,3,5H,2,4,6H2;1H. The lowest BCUT2D eigenvalue weighted by atomic mass is 10.3. The van der Waals surface area contributed by atoms with E-state index in [4.69, 9.17) is 5.90 Å². The second-order valence-electron chi connectivity index (χ2n) is 1.68. The highest BCUT2D eigenvalue weighted by Crippen LogP contribution is 2.09. The van der Waals surface area contributed by atoms with Gasteiger partial charge in [0, 0.05) is 0 Å². The van der Waals surface area contributed by atoms with Crippen molar-refractivity contribution < 1.29 is 4.84 Å². The average Bonchev–Trinajstić information content (AvgIpc) is 2.14. The van der Waals surface area contributed by atoms with Crippen LogP contribution in [0.1, 0.15) is 12.8 Å². The fraction of sp³-hybridized carbons (Fsp3) is 0.600. The molecule has 3 heteroatoms. The lowest BCUT2D eigenvalue weighted by Gasteiger charge is -1.99. The molecule has 2 nitrogen and oxygen atoms in total. The molecule has 0 radical (unpaired) electrons. The molecule has 0 saturated heterocycles. The molecule has 8 heavy (non-hydrogen) atoms. The summed E-state index contributed by atoms with van der Waals surface area (Å²) in [4.78, 5) is 4.52. The van der Waals surface area contributed by atoms with Gasteiger partial charge in [-0.2, -0.15) is 0 Å². The van der Waals surface area contributed by atoms with Crippen LogP contribution in [0, 0.1) is 0 Å². The maximum Gasteiger partial charge on any atom is 0.0971 e. The summed E-state index contributed by atoms with van der Waals surface area (Å²) < 4.78 is 0. The highest BCUT2D eigenvalue weighted by atomic mass is 35.5. The third kappa shape index (κ3) is 1.82. The van der Waals surface area contributed by atoms with E-state index in [-0.39, 0.29) is 18.5 Å². The second kappa shape index (κ2) is 3.89. The van der Waals surface area contributed by atoms with E-state index in [9.17, 15) is 0 Å². The largest absolute Gasteiger partial charge is 0.297 e. The van der Waals surface area contributed by atoms with Gasteiger partial charge in [0.2, 0.25) is 0 Å². The Morgan fingerprint density at radius 2 is 2.38 bits per heavy atom. The molecule has 0 aromatic heterocycles. The molecule has 1 rings (SSSR count). The summed E-state index contributed by atoms with van der Waals surface area (Å²) >= 11 is 0. The van der Waals surface area contributed by atoms with Gasteiger partial charge in [0.1, 0.15) is 0 Å². The Kier molecular flexibility index (Phi) is 3.87. The van der Waals surface area contributed by atoms with Gasteiger partial charge in [-0.25, -0.2) is 5.90 Å². The summed E-state index contributed by atoms with van der Waals surface area (Å²) in [5.74, 6) is 4.88. The second-order valence-corrected chi connectivity index (χ2v) is 1.68. The molecule has 1 aliphatic rings. The van der Waals surface area contributed by atoms with Crippen molar-refractivity contribution in [3.63, 3.8) is 0 Å². The van der Waals surface area contributed by atoms with Crippen LogP contribution in [0.4, 0.5) is 0 Å². The van der Waals surface area contributed by atoms with Crippen LogP contribution < -0.4 is 5.90 Å². The molecule has 1 atom stereocenters. The molecule has 0 bridgehead atoms. The Morgan fingerprint density at radius 1 is 1.62 bits per heavy atom. The maximum atomic E-state index is 4.88. The summed E-state index contributed by atoms with van der Waals surface area (Å²) in [6.45, 7) is 0. The molecular formula is C5H10ClNO.